The van der Waals surface area contributed by atoms with E-state index in [0.29, 0.717) is 11.4 Å². The summed E-state index contributed by atoms with van der Waals surface area (Å²) in [6, 6.07) is 3.06. The average molecular weight is 251 g/mol. The van der Waals surface area contributed by atoms with Crippen LogP contribution in [-0.2, 0) is 0 Å². The van der Waals surface area contributed by atoms with Gasteiger partial charge in [0, 0.05) is 11.8 Å². The van der Waals surface area contributed by atoms with Crippen LogP contribution < -0.4 is 10.5 Å². The summed E-state index contributed by atoms with van der Waals surface area (Å²) in [5.41, 5.74) is 7.02. The van der Waals surface area contributed by atoms with Gasteiger partial charge in [0.15, 0.2) is 11.6 Å². The molecule has 100 valence electrons. The van der Waals surface area contributed by atoms with E-state index >= 15 is 0 Å². The van der Waals surface area contributed by atoms with Crippen LogP contribution in [0.3, 0.4) is 0 Å². The highest BCUT2D eigenvalue weighted by atomic mass is 19.1. The van der Waals surface area contributed by atoms with Crippen LogP contribution in [0, 0.1) is 18.7 Å². The number of ether oxygens (including phenoxy) is 1. The molecule has 1 aromatic carbocycles. The molecule has 2 atom stereocenters. The van der Waals surface area contributed by atoms with Crippen molar-refractivity contribution >= 4 is 5.69 Å². The van der Waals surface area contributed by atoms with Crippen molar-refractivity contribution in [3.05, 3.63) is 23.5 Å². The monoisotopic (exact) mass is 251 g/mol. The molecular formula is C15H22FNO. The Morgan fingerprint density at radius 1 is 1.39 bits per heavy atom. The number of aryl methyl sites for hydroxylation is 1. The summed E-state index contributed by atoms with van der Waals surface area (Å²) in [6.45, 7) is 4.08. The Kier molecular flexibility index (Phi) is 4.10. The molecule has 0 bridgehead atoms. The van der Waals surface area contributed by atoms with Gasteiger partial charge >= 0.3 is 0 Å². The summed E-state index contributed by atoms with van der Waals surface area (Å²) in [5.74, 6) is 0.724. The highest BCUT2D eigenvalue weighted by Crippen LogP contribution is 2.31. The molecule has 2 nitrogen and oxygen atoms in total. The minimum atomic E-state index is -0.350. The van der Waals surface area contributed by atoms with Crippen LogP contribution in [0.1, 0.15) is 44.6 Å². The number of halogens is 1. The van der Waals surface area contributed by atoms with Crippen LogP contribution in [0.5, 0.6) is 5.75 Å². The van der Waals surface area contributed by atoms with Gasteiger partial charge in [-0.05, 0) is 43.7 Å². The molecule has 0 saturated heterocycles. The maximum absolute atomic E-state index is 13.8. The Bertz CT molecular complexity index is 419. The van der Waals surface area contributed by atoms with E-state index in [2.05, 4.69) is 6.92 Å². The zero-order valence-corrected chi connectivity index (χ0v) is 11.2. The molecule has 2 rings (SSSR count). The first-order chi connectivity index (χ1) is 8.60. The fourth-order valence-corrected chi connectivity index (χ4v) is 2.66. The van der Waals surface area contributed by atoms with Crippen molar-refractivity contribution in [1.82, 2.24) is 0 Å². The molecule has 3 heteroatoms. The van der Waals surface area contributed by atoms with Gasteiger partial charge in [0.2, 0.25) is 0 Å². The van der Waals surface area contributed by atoms with Gasteiger partial charge in [-0.3, -0.25) is 0 Å². The van der Waals surface area contributed by atoms with E-state index in [1.807, 2.05) is 6.92 Å². The lowest BCUT2D eigenvalue weighted by molar-refractivity contribution is 0.117. The van der Waals surface area contributed by atoms with E-state index in [1.165, 1.54) is 25.3 Å². The van der Waals surface area contributed by atoms with Crippen molar-refractivity contribution in [2.75, 3.05) is 5.73 Å². The second-order valence-electron chi connectivity index (χ2n) is 5.32. The molecule has 0 aromatic heterocycles. The fraction of sp³-hybridized carbons (Fsp3) is 0.600. The molecule has 2 N–H and O–H groups in total. The van der Waals surface area contributed by atoms with Gasteiger partial charge in [0.1, 0.15) is 0 Å². The third-order valence-corrected chi connectivity index (χ3v) is 3.93. The standard InChI is InChI=1S/C15H22FNO/c1-3-11-5-4-6-12(8-11)18-15-7-10(2)14(17)9-13(15)16/h7,9,11-12H,3-6,8,17H2,1-2H3. The van der Waals surface area contributed by atoms with Crippen LogP contribution in [0.4, 0.5) is 10.1 Å². The molecule has 1 aliphatic rings. The number of hydrogen-bond donors (Lipinski definition) is 1. The first-order valence-electron chi connectivity index (χ1n) is 6.82. The van der Waals surface area contributed by atoms with E-state index in [-0.39, 0.29) is 11.9 Å². The Balaban J connectivity index is 2.07. The van der Waals surface area contributed by atoms with Gasteiger partial charge in [-0.1, -0.05) is 19.8 Å². The molecule has 1 aliphatic carbocycles. The Labute approximate surface area is 108 Å². The van der Waals surface area contributed by atoms with Crippen molar-refractivity contribution in [2.45, 2.75) is 52.1 Å². The highest BCUT2D eigenvalue weighted by molar-refractivity contribution is 5.50. The van der Waals surface area contributed by atoms with Gasteiger partial charge in [0.05, 0.1) is 6.10 Å². The number of benzene rings is 1. The van der Waals surface area contributed by atoms with Gasteiger partial charge in [-0.25, -0.2) is 4.39 Å². The second kappa shape index (κ2) is 5.59. The number of hydrogen-bond acceptors (Lipinski definition) is 2. The molecule has 0 spiro atoms. The lowest BCUT2D eigenvalue weighted by Gasteiger charge is -2.29. The predicted octanol–water partition coefficient (Wildman–Crippen LogP) is 4.06. The molecular weight excluding hydrogens is 229 g/mol. The van der Waals surface area contributed by atoms with E-state index in [0.717, 1.165) is 24.3 Å². The van der Waals surface area contributed by atoms with E-state index in [9.17, 15) is 4.39 Å². The van der Waals surface area contributed by atoms with Crippen molar-refractivity contribution in [1.29, 1.82) is 0 Å². The van der Waals surface area contributed by atoms with Gasteiger partial charge < -0.3 is 10.5 Å². The molecule has 0 aliphatic heterocycles. The van der Waals surface area contributed by atoms with Crippen LogP contribution >= 0.6 is 0 Å². The maximum atomic E-state index is 13.8. The van der Waals surface area contributed by atoms with Crippen molar-refractivity contribution in [2.24, 2.45) is 5.92 Å². The average Bonchev–Trinajstić information content (AvgIpc) is 2.36. The Morgan fingerprint density at radius 2 is 2.17 bits per heavy atom. The van der Waals surface area contributed by atoms with Gasteiger partial charge in [0.25, 0.3) is 0 Å². The molecule has 2 unspecified atom stereocenters. The Morgan fingerprint density at radius 3 is 2.89 bits per heavy atom. The summed E-state index contributed by atoms with van der Waals surface area (Å²) in [7, 11) is 0. The number of nitrogens with two attached hydrogens (primary N) is 1. The third kappa shape index (κ3) is 2.95. The summed E-state index contributed by atoms with van der Waals surface area (Å²) in [5, 5.41) is 0. The van der Waals surface area contributed by atoms with Crippen molar-refractivity contribution in [3.63, 3.8) is 0 Å². The maximum Gasteiger partial charge on any atom is 0.167 e. The molecule has 0 amide bonds. The Hall–Kier alpha value is -1.25. The fourth-order valence-electron chi connectivity index (χ4n) is 2.66. The molecule has 18 heavy (non-hydrogen) atoms. The summed E-state index contributed by atoms with van der Waals surface area (Å²) in [6.07, 6.45) is 5.86. The lowest BCUT2D eigenvalue weighted by Crippen LogP contribution is -2.25. The second-order valence-corrected chi connectivity index (χ2v) is 5.32. The SMILES string of the molecule is CCC1CCCC(Oc2cc(C)c(N)cc2F)C1. The number of anilines is 1. The normalized spacial score (nSPS) is 23.9. The van der Waals surface area contributed by atoms with E-state index in [4.69, 9.17) is 10.5 Å². The predicted molar refractivity (Wildman–Crippen MR) is 72.2 cm³/mol. The van der Waals surface area contributed by atoms with Gasteiger partial charge in [-0.2, -0.15) is 0 Å². The van der Waals surface area contributed by atoms with Gasteiger partial charge in [-0.15, -0.1) is 0 Å². The summed E-state index contributed by atoms with van der Waals surface area (Å²) >= 11 is 0. The molecule has 1 aromatic rings. The minimum Gasteiger partial charge on any atom is -0.487 e. The van der Waals surface area contributed by atoms with E-state index in [1.54, 1.807) is 6.07 Å². The summed E-state index contributed by atoms with van der Waals surface area (Å²) < 4.78 is 19.6. The van der Waals surface area contributed by atoms with Crippen LogP contribution in [0.15, 0.2) is 12.1 Å². The van der Waals surface area contributed by atoms with E-state index < -0.39 is 0 Å². The van der Waals surface area contributed by atoms with Crippen molar-refractivity contribution < 1.29 is 9.13 Å². The molecule has 1 saturated carbocycles. The quantitative estimate of drug-likeness (QED) is 0.822. The lowest BCUT2D eigenvalue weighted by atomic mass is 9.85. The topological polar surface area (TPSA) is 35.2 Å². The summed E-state index contributed by atoms with van der Waals surface area (Å²) in [4.78, 5) is 0. The zero-order chi connectivity index (χ0) is 13.1. The van der Waals surface area contributed by atoms with Crippen LogP contribution in [-0.4, -0.2) is 6.10 Å². The highest BCUT2D eigenvalue weighted by Gasteiger charge is 2.23. The first kappa shape index (κ1) is 13.2. The molecule has 0 heterocycles. The minimum absolute atomic E-state index is 0.154. The third-order valence-electron chi connectivity index (χ3n) is 3.93. The first-order valence-corrected chi connectivity index (χ1v) is 6.82. The molecule has 1 fully saturated rings. The number of rotatable bonds is 3. The largest absolute Gasteiger partial charge is 0.487 e. The van der Waals surface area contributed by atoms with Crippen LogP contribution in [0.2, 0.25) is 0 Å². The number of nitrogen functional groups attached to an aromatic ring is 1. The smallest absolute Gasteiger partial charge is 0.167 e. The molecule has 0 radical (unpaired) electrons. The van der Waals surface area contributed by atoms with Crippen molar-refractivity contribution in [3.8, 4) is 5.75 Å². The zero-order valence-electron chi connectivity index (χ0n) is 11.2. The van der Waals surface area contributed by atoms with Crippen LogP contribution in [0.25, 0.3) is 0 Å².